The molecule has 1 aromatic rings. The van der Waals surface area contributed by atoms with Gasteiger partial charge in [-0.25, -0.2) is 0 Å². The number of nitrogens with zero attached hydrogens (tertiary/aromatic N) is 1. The van der Waals surface area contributed by atoms with Crippen LogP contribution in [0.1, 0.15) is 25.7 Å². The first kappa shape index (κ1) is 17.4. The van der Waals surface area contributed by atoms with Crippen LogP contribution in [-0.4, -0.2) is 23.3 Å². The van der Waals surface area contributed by atoms with Gasteiger partial charge >= 0.3 is 5.97 Å². The monoisotopic (exact) mass is 306 g/mol. The molecule has 1 rings (SSSR count). The summed E-state index contributed by atoms with van der Waals surface area (Å²) in [6, 6.07) is 5.34. The summed E-state index contributed by atoms with van der Waals surface area (Å²) in [5, 5.41) is 13.1. The summed E-state index contributed by atoms with van der Waals surface area (Å²) in [5.74, 6) is -0.310. The van der Waals surface area contributed by atoms with Crippen LogP contribution in [-0.2, 0) is 9.59 Å². The number of ether oxygens (including phenoxy) is 1. The van der Waals surface area contributed by atoms with E-state index >= 15 is 0 Å². The van der Waals surface area contributed by atoms with E-state index in [9.17, 15) is 19.7 Å². The van der Waals surface area contributed by atoms with Crippen molar-refractivity contribution in [3.63, 3.8) is 0 Å². The van der Waals surface area contributed by atoms with E-state index in [0.717, 1.165) is 12.8 Å². The van der Waals surface area contributed by atoms with Crippen molar-refractivity contribution in [2.75, 3.05) is 6.54 Å². The minimum Gasteiger partial charge on any atom is -0.427 e. The standard InChI is InChI=1S/C15H18N2O5/c1-2-14(18)16-11-5-3-4-6-15(19)22-13-9-7-12(8-10-13)17(20)21/h2,7-10H,1,3-6,11H2,(H,16,18). The van der Waals surface area contributed by atoms with Crippen LogP contribution in [0.4, 0.5) is 5.69 Å². The summed E-state index contributed by atoms with van der Waals surface area (Å²) in [7, 11) is 0. The highest BCUT2D eigenvalue weighted by molar-refractivity contribution is 5.86. The van der Waals surface area contributed by atoms with E-state index in [2.05, 4.69) is 11.9 Å². The predicted octanol–water partition coefficient (Wildman–Crippen LogP) is 2.36. The van der Waals surface area contributed by atoms with E-state index in [-0.39, 0.29) is 29.7 Å². The number of benzene rings is 1. The number of carbonyl (C=O) groups is 2. The van der Waals surface area contributed by atoms with E-state index in [1.54, 1.807) is 0 Å². The zero-order valence-corrected chi connectivity index (χ0v) is 12.1. The molecule has 0 aliphatic heterocycles. The van der Waals surface area contributed by atoms with Crippen LogP contribution in [0, 0.1) is 10.1 Å². The second-order valence-corrected chi connectivity index (χ2v) is 4.53. The number of non-ortho nitro benzene ring substituents is 1. The predicted molar refractivity (Wildman–Crippen MR) is 80.4 cm³/mol. The number of nitro benzene ring substituents is 1. The lowest BCUT2D eigenvalue weighted by molar-refractivity contribution is -0.384. The maximum Gasteiger partial charge on any atom is 0.311 e. The highest BCUT2D eigenvalue weighted by Gasteiger charge is 2.08. The fourth-order valence-corrected chi connectivity index (χ4v) is 1.67. The Balaban J connectivity index is 2.19. The highest BCUT2D eigenvalue weighted by Crippen LogP contribution is 2.18. The lowest BCUT2D eigenvalue weighted by atomic mass is 10.2. The molecule has 0 radical (unpaired) electrons. The van der Waals surface area contributed by atoms with Gasteiger partial charge in [0.2, 0.25) is 5.91 Å². The molecular formula is C15H18N2O5. The Morgan fingerprint density at radius 2 is 1.91 bits per heavy atom. The Morgan fingerprint density at radius 1 is 1.23 bits per heavy atom. The fraction of sp³-hybridized carbons (Fsp3) is 0.333. The van der Waals surface area contributed by atoms with Gasteiger partial charge in [0.1, 0.15) is 5.75 Å². The van der Waals surface area contributed by atoms with Crippen LogP contribution >= 0.6 is 0 Å². The van der Waals surface area contributed by atoms with Gasteiger partial charge in [-0.3, -0.25) is 19.7 Å². The van der Waals surface area contributed by atoms with Gasteiger partial charge in [0.05, 0.1) is 4.92 Å². The van der Waals surface area contributed by atoms with Crippen LogP contribution in [0.5, 0.6) is 5.75 Å². The SMILES string of the molecule is C=CC(=O)NCCCCCC(=O)Oc1ccc([N+](=O)[O-])cc1. The molecule has 22 heavy (non-hydrogen) atoms. The smallest absolute Gasteiger partial charge is 0.311 e. The third-order valence-corrected chi connectivity index (χ3v) is 2.82. The normalized spacial score (nSPS) is 9.82. The van der Waals surface area contributed by atoms with Gasteiger partial charge in [-0.05, 0) is 31.1 Å². The zero-order chi connectivity index (χ0) is 16.4. The molecule has 0 heterocycles. The van der Waals surface area contributed by atoms with Crippen LogP contribution in [0.3, 0.4) is 0 Å². The third kappa shape index (κ3) is 6.65. The molecule has 7 nitrogen and oxygen atoms in total. The van der Waals surface area contributed by atoms with Crippen molar-refractivity contribution in [2.45, 2.75) is 25.7 Å². The largest absolute Gasteiger partial charge is 0.427 e. The molecule has 0 saturated carbocycles. The van der Waals surface area contributed by atoms with Crippen molar-refractivity contribution in [3.8, 4) is 5.75 Å². The molecule has 0 spiro atoms. The van der Waals surface area contributed by atoms with Crippen LogP contribution in [0.25, 0.3) is 0 Å². The van der Waals surface area contributed by atoms with Crippen LogP contribution in [0.15, 0.2) is 36.9 Å². The molecule has 1 aromatic carbocycles. The van der Waals surface area contributed by atoms with Crippen molar-refractivity contribution in [1.29, 1.82) is 0 Å². The number of amides is 1. The first-order valence-corrected chi connectivity index (χ1v) is 6.88. The van der Waals surface area contributed by atoms with Crippen molar-refractivity contribution < 1.29 is 19.2 Å². The lowest BCUT2D eigenvalue weighted by Gasteiger charge is -2.04. The van der Waals surface area contributed by atoms with E-state index in [1.165, 1.54) is 30.3 Å². The Hall–Kier alpha value is -2.70. The molecule has 0 aliphatic rings. The second kappa shape index (κ2) is 9.28. The number of carbonyl (C=O) groups excluding carboxylic acids is 2. The van der Waals surface area contributed by atoms with Gasteiger partial charge in [-0.15, -0.1) is 0 Å². The number of unbranched alkanes of at least 4 members (excludes halogenated alkanes) is 2. The van der Waals surface area contributed by atoms with E-state index in [4.69, 9.17) is 4.74 Å². The number of nitrogens with one attached hydrogen (secondary N) is 1. The van der Waals surface area contributed by atoms with E-state index in [1.807, 2.05) is 0 Å². The van der Waals surface area contributed by atoms with Crippen molar-refractivity contribution in [1.82, 2.24) is 5.32 Å². The summed E-state index contributed by atoms with van der Waals surface area (Å²) < 4.78 is 5.07. The molecule has 7 heteroatoms. The van der Waals surface area contributed by atoms with Gasteiger partial charge in [-0.2, -0.15) is 0 Å². The Labute approximate surface area is 128 Å². The Kier molecular flexibility index (Phi) is 7.32. The van der Waals surface area contributed by atoms with E-state index < -0.39 is 4.92 Å². The molecule has 0 unspecified atom stereocenters. The topological polar surface area (TPSA) is 98.5 Å². The number of hydrogen-bond donors (Lipinski definition) is 1. The molecule has 118 valence electrons. The highest BCUT2D eigenvalue weighted by atomic mass is 16.6. The van der Waals surface area contributed by atoms with Gasteiger partial charge in [-0.1, -0.05) is 13.0 Å². The molecule has 0 atom stereocenters. The number of esters is 1. The minimum atomic E-state index is -0.517. The molecular weight excluding hydrogens is 288 g/mol. The van der Waals surface area contributed by atoms with Crippen molar-refractivity contribution in [3.05, 3.63) is 47.0 Å². The van der Waals surface area contributed by atoms with Crippen molar-refractivity contribution in [2.24, 2.45) is 0 Å². The maximum atomic E-state index is 11.6. The first-order chi connectivity index (χ1) is 10.5. The fourth-order valence-electron chi connectivity index (χ4n) is 1.67. The molecule has 1 N–H and O–H groups in total. The number of rotatable bonds is 9. The molecule has 0 saturated heterocycles. The average molecular weight is 306 g/mol. The average Bonchev–Trinajstić information content (AvgIpc) is 2.50. The van der Waals surface area contributed by atoms with Crippen LogP contribution in [0.2, 0.25) is 0 Å². The Bertz CT molecular complexity index is 539. The third-order valence-electron chi connectivity index (χ3n) is 2.82. The number of nitro groups is 1. The van der Waals surface area contributed by atoms with E-state index in [0.29, 0.717) is 13.0 Å². The second-order valence-electron chi connectivity index (χ2n) is 4.53. The zero-order valence-electron chi connectivity index (χ0n) is 12.1. The van der Waals surface area contributed by atoms with Crippen LogP contribution < -0.4 is 10.1 Å². The van der Waals surface area contributed by atoms with Gasteiger partial charge < -0.3 is 10.1 Å². The molecule has 0 aliphatic carbocycles. The first-order valence-electron chi connectivity index (χ1n) is 6.88. The molecule has 0 bridgehead atoms. The van der Waals surface area contributed by atoms with Gasteiger partial charge in [0.25, 0.3) is 5.69 Å². The number of hydrogen-bond acceptors (Lipinski definition) is 5. The summed E-state index contributed by atoms with van der Waals surface area (Å²) in [5.41, 5.74) is -0.0543. The molecule has 1 amide bonds. The van der Waals surface area contributed by atoms with Gasteiger partial charge in [0.15, 0.2) is 0 Å². The maximum absolute atomic E-state index is 11.6. The molecule has 0 fully saturated rings. The summed E-state index contributed by atoms with van der Waals surface area (Å²) in [6.45, 7) is 3.89. The molecule has 0 aromatic heterocycles. The lowest BCUT2D eigenvalue weighted by Crippen LogP contribution is -2.21. The van der Waals surface area contributed by atoms with Crippen molar-refractivity contribution >= 4 is 17.6 Å². The minimum absolute atomic E-state index is 0.0543. The summed E-state index contributed by atoms with van der Waals surface area (Å²) >= 11 is 0. The summed E-state index contributed by atoms with van der Waals surface area (Å²) in [6.07, 6.45) is 3.67. The van der Waals surface area contributed by atoms with Gasteiger partial charge in [0, 0.05) is 25.1 Å². The Morgan fingerprint density at radius 3 is 2.50 bits per heavy atom. The summed E-state index contributed by atoms with van der Waals surface area (Å²) in [4.78, 5) is 32.4. The quantitative estimate of drug-likeness (QED) is 0.188.